The van der Waals surface area contributed by atoms with Gasteiger partial charge in [0.1, 0.15) is 5.75 Å². The van der Waals surface area contributed by atoms with Crippen LogP contribution >= 0.6 is 0 Å². The molecule has 0 heterocycles. The van der Waals surface area contributed by atoms with Gasteiger partial charge >= 0.3 is 0 Å². The largest absolute Gasteiger partial charge is 0.508 e. The third kappa shape index (κ3) is 5.10. The number of rotatable bonds is 8. The van der Waals surface area contributed by atoms with Gasteiger partial charge in [-0.05, 0) is 36.3 Å². The molecule has 2 N–H and O–H groups in total. The van der Waals surface area contributed by atoms with Gasteiger partial charge in [0.05, 0.1) is 12.5 Å². The number of carbonyl (C=O) groups is 1. The van der Waals surface area contributed by atoms with Crippen molar-refractivity contribution in [2.75, 3.05) is 19.6 Å². The lowest BCUT2D eigenvalue weighted by molar-refractivity contribution is -0.120. The average molecular weight is 326 g/mol. The molecule has 0 aliphatic heterocycles. The molecule has 1 atom stereocenters. The maximum absolute atomic E-state index is 12.2. The molecule has 0 radical (unpaired) electrons. The molecule has 0 saturated carbocycles. The van der Waals surface area contributed by atoms with E-state index in [1.165, 1.54) is 5.56 Å². The summed E-state index contributed by atoms with van der Waals surface area (Å²) in [5.41, 5.74) is 2.11. The fourth-order valence-electron chi connectivity index (χ4n) is 2.87. The zero-order valence-corrected chi connectivity index (χ0v) is 14.4. The number of phenolic OH excluding ortho intramolecular Hbond substituents is 1. The second-order valence-corrected chi connectivity index (χ2v) is 5.79. The third-order valence-corrected chi connectivity index (χ3v) is 4.23. The SMILES string of the molecule is CCN(CC)C(CNC(=O)Cc1ccc(O)cc1)c1ccccc1. The van der Waals surface area contributed by atoms with E-state index in [0.717, 1.165) is 18.7 Å². The highest BCUT2D eigenvalue weighted by molar-refractivity contribution is 5.78. The lowest BCUT2D eigenvalue weighted by Crippen LogP contribution is -2.38. The van der Waals surface area contributed by atoms with Crippen molar-refractivity contribution in [2.45, 2.75) is 26.3 Å². The van der Waals surface area contributed by atoms with Crippen molar-refractivity contribution in [3.05, 3.63) is 65.7 Å². The van der Waals surface area contributed by atoms with Crippen LogP contribution in [-0.2, 0) is 11.2 Å². The van der Waals surface area contributed by atoms with Crippen molar-refractivity contribution in [1.82, 2.24) is 10.2 Å². The number of hydrogen-bond donors (Lipinski definition) is 2. The van der Waals surface area contributed by atoms with Crippen molar-refractivity contribution >= 4 is 5.91 Å². The molecule has 0 bridgehead atoms. The van der Waals surface area contributed by atoms with Gasteiger partial charge in [0.25, 0.3) is 0 Å². The van der Waals surface area contributed by atoms with Crippen molar-refractivity contribution in [3.8, 4) is 5.75 Å². The zero-order valence-electron chi connectivity index (χ0n) is 14.4. The van der Waals surface area contributed by atoms with Gasteiger partial charge in [-0.2, -0.15) is 0 Å². The van der Waals surface area contributed by atoms with E-state index in [2.05, 4.69) is 36.2 Å². The molecule has 0 fully saturated rings. The number of amides is 1. The number of phenols is 1. The Balaban J connectivity index is 1.99. The molecular weight excluding hydrogens is 300 g/mol. The molecule has 4 nitrogen and oxygen atoms in total. The Hall–Kier alpha value is -2.33. The van der Waals surface area contributed by atoms with Crippen LogP contribution in [0.1, 0.15) is 31.0 Å². The van der Waals surface area contributed by atoms with E-state index in [1.807, 2.05) is 18.2 Å². The summed E-state index contributed by atoms with van der Waals surface area (Å²) in [5.74, 6) is 0.207. The molecule has 24 heavy (non-hydrogen) atoms. The van der Waals surface area contributed by atoms with E-state index in [4.69, 9.17) is 0 Å². The monoisotopic (exact) mass is 326 g/mol. The van der Waals surface area contributed by atoms with E-state index in [-0.39, 0.29) is 17.7 Å². The molecule has 2 rings (SSSR count). The number of nitrogens with one attached hydrogen (secondary N) is 1. The molecule has 0 aliphatic rings. The van der Waals surface area contributed by atoms with Crippen LogP contribution in [-0.4, -0.2) is 35.5 Å². The molecule has 0 aliphatic carbocycles. The lowest BCUT2D eigenvalue weighted by atomic mass is 10.0. The molecule has 0 aromatic heterocycles. The Morgan fingerprint density at radius 3 is 2.25 bits per heavy atom. The smallest absolute Gasteiger partial charge is 0.224 e. The summed E-state index contributed by atoms with van der Waals surface area (Å²) in [4.78, 5) is 14.6. The number of likely N-dealkylation sites (N-methyl/N-ethyl adjacent to an activating group) is 1. The number of benzene rings is 2. The van der Waals surface area contributed by atoms with Crippen molar-refractivity contribution in [3.63, 3.8) is 0 Å². The van der Waals surface area contributed by atoms with Crippen LogP contribution in [0.3, 0.4) is 0 Å². The van der Waals surface area contributed by atoms with Crippen LogP contribution in [0.2, 0.25) is 0 Å². The Morgan fingerprint density at radius 2 is 1.67 bits per heavy atom. The van der Waals surface area contributed by atoms with E-state index < -0.39 is 0 Å². The Morgan fingerprint density at radius 1 is 1.04 bits per heavy atom. The first kappa shape index (κ1) is 18.0. The molecule has 128 valence electrons. The molecule has 1 unspecified atom stereocenters. The number of aromatic hydroxyl groups is 1. The van der Waals surface area contributed by atoms with Crippen molar-refractivity contribution in [1.29, 1.82) is 0 Å². The zero-order chi connectivity index (χ0) is 17.4. The quantitative estimate of drug-likeness (QED) is 0.783. The summed E-state index contributed by atoms with van der Waals surface area (Å²) in [6, 6.07) is 17.2. The molecule has 4 heteroatoms. The first-order valence-corrected chi connectivity index (χ1v) is 8.47. The fourth-order valence-corrected chi connectivity index (χ4v) is 2.87. The average Bonchev–Trinajstić information content (AvgIpc) is 2.61. The summed E-state index contributed by atoms with van der Waals surface area (Å²) in [5, 5.41) is 12.4. The van der Waals surface area contributed by atoms with Crippen molar-refractivity contribution in [2.24, 2.45) is 0 Å². The minimum absolute atomic E-state index is 0.00576. The van der Waals surface area contributed by atoms with Gasteiger partial charge in [-0.1, -0.05) is 56.3 Å². The van der Waals surface area contributed by atoms with Gasteiger partial charge in [0, 0.05) is 6.54 Å². The summed E-state index contributed by atoms with van der Waals surface area (Å²) in [6.45, 7) is 6.73. The predicted molar refractivity (Wildman–Crippen MR) is 96.9 cm³/mol. The van der Waals surface area contributed by atoms with Crippen LogP contribution in [0.15, 0.2) is 54.6 Å². The highest BCUT2D eigenvalue weighted by Gasteiger charge is 2.18. The Bertz CT molecular complexity index is 622. The molecular formula is C20H26N2O2. The van der Waals surface area contributed by atoms with Gasteiger partial charge in [0.15, 0.2) is 0 Å². The van der Waals surface area contributed by atoms with Crippen LogP contribution in [0.25, 0.3) is 0 Å². The summed E-state index contributed by atoms with van der Waals surface area (Å²) < 4.78 is 0. The lowest BCUT2D eigenvalue weighted by Gasteiger charge is -2.30. The van der Waals surface area contributed by atoms with Crippen LogP contribution in [0.5, 0.6) is 5.75 Å². The maximum Gasteiger partial charge on any atom is 0.224 e. The van der Waals surface area contributed by atoms with E-state index >= 15 is 0 Å². The fraction of sp³-hybridized carbons (Fsp3) is 0.350. The highest BCUT2D eigenvalue weighted by Crippen LogP contribution is 2.19. The maximum atomic E-state index is 12.2. The standard InChI is InChI=1S/C20H26N2O2/c1-3-22(4-2)19(17-8-6-5-7-9-17)15-21-20(24)14-16-10-12-18(23)13-11-16/h5-13,19,23H,3-4,14-15H2,1-2H3,(H,21,24). The number of nitrogens with zero attached hydrogens (tertiary/aromatic N) is 1. The number of hydrogen-bond acceptors (Lipinski definition) is 3. The molecule has 0 spiro atoms. The Labute approximate surface area is 144 Å². The molecule has 1 amide bonds. The summed E-state index contributed by atoms with van der Waals surface area (Å²) in [7, 11) is 0. The van der Waals surface area contributed by atoms with Crippen molar-refractivity contribution < 1.29 is 9.90 Å². The minimum atomic E-state index is -0.00576. The summed E-state index contributed by atoms with van der Waals surface area (Å²) in [6.07, 6.45) is 0.319. The molecule has 0 saturated heterocycles. The van der Waals surface area contributed by atoms with Crippen LogP contribution in [0, 0.1) is 0 Å². The minimum Gasteiger partial charge on any atom is -0.508 e. The predicted octanol–water partition coefficient (Wildman–Crippen LogP) is 3.13. The van der Waals surface area contributed by atoms with Gasteiger partial charge in [-0.25, -0.2) is 0 Å². The van der Waals surface area contributed by atoms with Gasteiger partial charge in [-0.3, -0.25) is 9.69 Å². The second kappa shape index (κ2) is 9.08. The topological polar surface area (TPSA) is 52.6 Å². The summed E-state index contributed by atoms with van der Waals surface area (Å²) >= 11 is 0. The molecule has 2 aromatic carbocycles. The van der Waals surface area contributed by atoms with Crippen LogP contribution in [0.4, 0.5) is 0 Å². The van der Waals surface area contributed by atoms with Gasteiger partial charge in [-0.15, -0.1) is 0 Å². The normalized spacial score (nSPS) is 12.1. The van der Waals surface area contributed by atoms with E-state index in [1.54, 1.807) is 24.3 Å². The Kier molecular flexibility index (Phi) is 6.82. The third-order valence-electron chi connectivity index (χ3n) is 4.23. The van der Waals surface area contributed by atoms with Gasteiger partial charge < -0.3 is 10.4 Å². The number of carbonyl (C=O) groups excluding carboxylic acids is 1. The second-order valence-electron chi connectivity index (χ2n) is 5.79. The van der Waals surface area contributed by atoms with Crippen LogP contribution < -0.4 is 5.32 Å². The van der Waals surface area contributed by atoms with Gasteiger partial charge in [0.2, 0.25) is 5.91 Å². The van der Waals surface area contributed by atoms with E-state index in [9.17, 15) is 9.90 Å². The highest BCUT2D eigenvalue weighted by atomic mass is 16.3. The first-order valence-electron chi connectivity index (χ1n) is 8.47. The first-order chi connectivity index (χ1) is 11.6. The van der Waals surface area contributed by atoms with E-state index in [0.29, 0.717) is 13.0 Å². The molecule has 2 aromatic rings.